The molecule has 0 aliphatic rings. The van der Waals surface area contributed by atoms with E-state index in [0.717, 1.165) is 16.6 Å². The van der Waals surface area contributed by atoms with Gasteiger partial charge in [-0.2, -0.15) is 5.26 Å². The number of aliphatic carboxylic acids is 1. The number of anilines is 1. The van der Waals surface area contributed by atoms with Crippen molar-refractivity contribution < 1.29 is 9.90 Å². The molecule has 0 saturated heterocycles. The molecule has 0 aromatic heterocycles. The van der Waals surface area contributed by atoms with E-state index in [1.165, 1.54) is 0 Å². The second-order valence-corrected chi connectivity index (χ2v) is 4.88. The largest absolute Gasteiger partial charge is 0.481 e. The van der Waals surface area contributed by atoms with Crippen molar-refractivity contribution in [3.05, 3.63) is 28.2 Å². The smallest absolute Gasteiger partial charge is 0.303 e. The number of nitrogens with zero attached hydrogens (tertiary/aromatic N) is 1. The number of hydrogen-bond acceptors (Lipinski definition) is 3. The SMILES string of the molecule is CCC(CNc1cccc(Br)c1C#N)CC(=O)O. The fourth-order valence-electron chi connectivity index (χ4n) is 1.65. The summed E-state index contributed by atoms with van der Waals surface area (Å²) in [7, 11) is 0. The molecule has 96 valence electrons. The first-order valence-corrected chi connectivity index (χ1v) is 6.52. The zero-order valence-electron chi connectivity index (χ0n) is 10.1. The molecule has 0 bridgehead atoms. The lowest BCUT2D eigenvalue weighted by Gasteiger charge is -2.15. The summed E-state index contributed by atoms with van der Waals surface area (Å²) in [4.78, 5) is 10.7. The van der Waals surface area contributed by atoms with Crippen molar-refractivity contribution in [2.24, 2.45) is 5.92 Å². The van der Waals surface area contributed by atoms with E-state index >= 15 is 0 Å². The van der Waals surface area contributed by atoms with E-state index in [9.17, 15) is 4.79 Å². The van der Waals surface area contributed by atoms with Gasteiger partial charge in [0.1, 0.15) is 6.07 Å². The predicted octanol–water partition coefficient (Wildman–Crippen LogP) is 3.23. The summed E-state index contributed by atoms with van der Waals surface area (Å²) in [6, 6.07) is 7.58. The monoisotopic (exact) mass is 310 g/mol. The van der Waals surface area contributed by atoms with Crippen molar-refractivity contribution in [2.75, 3.05) is 11.9 Å². The third kappa shape index (κ3) is 4.04. The Morgan fingerprint density at radius 3 is 2.89 bits per heavy atom. The van der Waals surface area contributed by atoms with Gasteiger partial charge in [-0.25, -0.2) is 0 Å². The fraction of sp³-hybridized carbons (Fsp3) is 0.385. The number of nitriles is 1. The second kappa shape index (κ2) is 7.02. The van der Waals surface area contributed by atoms with Crippen LogP contribution >= 0.6 is 15.9 Å². The minimum absolute atomic E-state index is 0.0630. The van der Waals surface area contributed by atoms with Crippen LogP contribution in [0.25, 0.3) is 0 Å². The first-order chi connectivity index (χ1) is 8.58. The molecule has 1 atom stereocenters. The molecule has 1 unspecified atom stereocenters. The van der Waals surface area contributed by atoms with Crippen LogP contribution in [0.3, 0.4) is 0 Å². The van der Waals surface area contributed by atoms with Crippen LogP contribution in [0.15, 0.2) is 22.7 Å². The van der Waals surface area contributed by atoms with E-state index in [2.05, 4.69) is 27.3 Å². The van der Waals surface area contributed by atoms with Crippen molar-refractivity contribution in [1.29, 1.82) is 5.26 Å². The van der Waals surface area contributed by atoms with Crippen LogP contribution in [-0.4, -0.2) is 17.6 Å². The van der Waals surface area contributed by atoms with Gasteiger partial charge in [0.25, 0.3) is 0 Å². The molecule has 0 aliphatic carbocycles. The maximum atomic E-state index is 10.7. The Hall–Kier alpha value is -1.54. The van der Waals surface area contributed by atoms with Crippen LogP contribution in [0, 0.1) is 17.2 Å². The van der Waals surface area contributed by atoms with Gasteiger partial charge in [0, 0.05) is 17.4 Å². The second-order valence-electron chi connectivity index (χ2n) is 4.03. The van der Waals surface area contributed by atoms with Crippen LogP contribution in [0.1, 0.15) is 25.3 Å². The molecule has 0 spiro atoms. The third-order valence-electron chi connectivity index (χ3n) is 2.75. The average Bonchev–Trinajstić information content (AvgIpc) is 2.34. The summed E-state index contributed by atoms with van der Waals surface area (Å²) in [5, 5.41) is 21.0. The van der Waals surface area contributed by atoms with Gasteiger partial charge >= 0.3 is 5.97 Å². The van der Waals surface area contributed by atoms with Gasteiger partial charge in [0.2, 0.25) is 0 Å². The Kier molecular flexibility index (Phi) is 5.66. The normalized spacial score (nSPS) is 11.6. The van der Waals surface area contributed by atoms with E-state index in [0.29, 0.717) is 12.1 Å². The molecule has 5 heteroatoms. The molecule has 0 radical (unpaired) electrons. The predicted molar refractivity (Wildman–Crippen MR) is 73.4 cm³/mol. The van der Waals surface area contributed by atoms with Crippen molar-refractivity contribution in [1.82, 2.24) is 0 Å². The summed E-state index contributed by atoms with van der Waals surface area (Å²) in [6.45, 7) is 2.51. The fourth-order valence-corrected chi connectivity index (χ4v) is 2.10. The summed E-state index contributed by atoms with van der Waals surface area (Å²) >= 11 is 3.32. The van der Waals surface area contributed by atoms with Gasteiger partial charge in [-0.05, 0) is 34.0 Å². The minimum atomic E-state index is -0.793. The van der Waals surface area contributed by atoms with Gasteiger partial charge in [0.05, 0.1) is 11.3 Å². The molecule has 4 nitrogen and oxygen atoms in total. The van der Waals surface area contributed by atoms with Gasteiger partial charge in [-0.15, -0.1) is 0 Å². The van der Waals surface area contributed by atoms with Gasteiger partial charge < -0.3 is 10.4 Å². The highest BCUT2D eigenvalue weighted by atomic mass is 79.9. The maximum Gasteiger partial charge on any atom is 0.303 e. The van der Waals surface area contributed by atoms with Crippen LogP contribution in [0.2, 0.25) is 0 Å². The van der Waals surface area contributed by atoms with Gasteiger partial charge in [-0.3, -0.25) is 4.79 Å². The molecule has 0 aliphatic heterocycles. The lowest BCUT2D eigenvalue weighted by Crippen LogP contribution is -2.17. The summed E-state index contributed by atoms with van der Waals surface area (Å²) in [5.74, 6) is -0.730. The molecule has 0 fully saturated rings. The van der Waals surface area contributed by atoms with Gasteiger partial charge in [-0.1, -0.05) is 19.4 Å². The molecule has 18 heavy (non-hydrogen) atoms. The number of halogens is 1. The molecule has 2 N–H and O–H groups in total. The number of carboxylic acids is 1. The van der Waals surface area contributed by atoms with Crippen LogP contribution in [0.5, 0.6) is 0 Å². The van der Waals surface area contributed by atoms with Crippen LogP contribution < -0.4 is 5.32 Å². The minimum Gasteiger partial charge on any atom is -0.481 e. The van der Waals surface area contributed by atoms with Gasteiger partial charge in [0.15, 0.2) is 0 Å². The lowest BCUT2D eigenvalue weighted by molar-refractivity contribution is -0.138. The highest BCUT2D eigenvalue weighted by Gasteiger charge is 2.12. The van der Waals surface area contributed by atoms with Crippen molar-refractivity contribution >= 4 is 27.6 Å². The molecule has 0 amide bonds. The average molecular weight is 311 g/mol. The Morgan fingerprint density at radius 1 is 1.61 bits per heavy atom. The zero-order valence-corrected chi connectivity index (χ0v) is 11.7. The molecular weight excluding hydrogens is 296 g/mol. The quantitative estimate of drug-likeness (QED) is 0.846. The van der Waals surface area contributed by atoms with Crippen LogP contribution in [-0.2, 0) is 4.79 Å². The molecule has 0 saturated carbocycles. The van der Waals surface area contributed by atoms with E-state index in [1.807, 2.05) is 19.1 Å². The maximum absolute atomic E-state index is 10.7. The number of rotatable bonds is 6. The van der Waals surface area contributed by atoms with E-state index in [-0.39, 0.29) is 12.3 Å². The van der Waals surface area contributed by atoms with E-state index in [1.54, 1.807) is 6.07 Å². The van der Waals surface area contributed by atoms with Crippen molar-refractivity contribution in [2.45, 2.75) is 19.8 Å². The van der Waals surface area contributed by atoms with Crippen molar-refractivity contribution in [3.8, 4) is 6.07 Å². The molecule has 1 rings (SSSR count). The Morgan fingerprint density at radius 2 is 2.33 bits per heavy atom. The topological polar surface area (TPSA) is 73.1 Å². The van der Waals surface area contributed by atoms with E-state index < -0.39 is 5.97 Å². The highest BCUT2D eigenvalue weighted by Crippen LogP contribution is 2.24. The number of nitrogens with one attached hydrogen (secondary N) is 1. The standard InChI is InChI=1S/C13H15BrN2O2/c1-2-9(6-13(17)18)8-16-12-5-3-4-11(14)10(12)7-15/h3-5,9,16H,2,6,8H2,1H3,(H,17,18). The molecule has 1 aromatic rings. The number of carbonyl (C=O) groups is 1. The van der Waals surface area contributed by atoms with Crippen molar-refractivity contribution in [3.63, 3.8) is 0 Å². The molecule has 1 aromatic carbocycles. The lowest BCUT2D eigenvalue weighted by atomic mass is 10.0. The summed E-state index contributed by atoms with van der Waals surface area (Å²) < 4.78 is 0.737. The Balaban J connectivity index is 2.71. The summed E-state index contributed by atoms with van der Waals surface area (Å²) in [6.07, 6.45) is 0.925. The Bertz CT molecular complexity index is 469. The molecular formula is C13H15BrN2O2. The number of hydrogen-bond donors (Lipinski definition) is 2. The first kappa shape index (κ1) is 14.5. The highest BCUT2D eigenvalue weighted by molar-refractivity contribution is 9.10. The van der Waals surface area contributed by atoms with E-state index in [4.69, 9.17) is 10.4 Å². The zero-order chi connectivity index (χ0) is 13.5. The Labute approximate surface area is 115 Å². The summed E-state index contributed by atoms with van der Waals surface area (Å²) in [5.41, 5.74) is 1.28. The number of benzene rings is 1. The molecule has 0 heterocycles. The first-order valence-electron chi connectivity index (χ1n) is 5.72. The number of carboxylic acid groups (broad SMARTS) is 1. The van der Waals surface area contributed by atoms with Crippen LogP contribution in [0.4, 0.5) is 5.69 Å². The third-order valence-corrected chi connectivity index (χ3v) is 3.41.